The molecule has 0 unspecified atom stereocenters. The second kappa shape index (κ2) is 7.88. The van der Waals surface area contributed by atoms with Crippen molar-refractivity contribution in [3.8, 4) is 0 Å². The van der Waals surface area contributed by atoms with Crippen LogP contribution >= 0.6 is 0 Å². The third-order valence-electron chi connectivity index (χ3n) is 2.15. The minimum Gasteiger partial charge on any atom is -0.384 e. The Labute approximate surface area is 97.3 Å². The standard InChI is InChI=1S/C13H20N2O/c1-2-10-16-11-6-9-15-13(14)12-7-4-3-5-8-12/h3-5,7-8H,2,6,9-11H2,1H3,(H2,14,15). The lowest BCUT2D eigenvalue weighted by Gasteiger charge is -2.02. The van der Waals surface area contributed by atoms with Gasteiger partial charge in [0.15, 0.2) is 0 Å². The van der Waals surface area contributed by atoms with Gasteiger partial charge in [0.1, 0.15) is 5.84 Å². The molecule has 0 aliphatic carbocycles. The maximum absolute atomic E-state index is 5.85. The number of nitrogens with zero attached hydrogens (tertiary/aromatic N) is 1. The lowest BCUT2D eigenvalue weighted by atomic mass is 10.2. The number of amidine groups is 1. The topological polar surface area (TPSA) is 47.6 Å². The first kappa shape index (κ1) is 12.7. The highest BCUT2D eigenvalue weighted by Crippen LogP contribution is 1.98. The van der Waals surface area contributed by atoms with E-state index in [1.54, 1.807) is 0 Å². The molecule has 0 aliphatic heterocycles. The van der Waals surface area contributed by atoms with Crippen molar-refractivity contribution in [2.24, 2.45) is 10.7 Å². The molecule has 3 nitrogen and oxygen atoms in total. The Morgan fingerprint density at radius 1 is 1.25 bits per heavy atom. The van der Waals surface area contributed by atoms with Crippen molar-refractivity contribution >= 4 is 5.84 Å². The molecule has 0 saturated carbocycles. The molecule has 0 amide bonds. The van der Waals surface area contributed by atoms with Gasteiger partial charge in [-0.3, -0.25) is 4.99 Å². The molecule has 3 heteroatoms. The van der Waals surface area contributed by atoms with Crippen molar-refractivity contribution < 1.29 is 4.74 Å². The predicted molar refractivity (Wildman–Crippen MR) is 67.8 cm³/mol. The average Bonchev–Trinajstić information content (AvgIpc) is 2.34. The van der Waals surface area contributed by atoms with Crippen LogP contribution < -0.4 is 5.73 Å². The van der Waals surface area contributed by atoms with Crippen LogP contribution in [0.2, 0.25) is 0 Å². The molecule has 0 saturated heterocycles. The van der Waals surface area contributed by atoms with E-state index in [9.17, 15) is 0 Å². The van der Waals surface area contributed by atoms with Crippen LogP contribution in [0.3, 0.4) is 0 Å². The maximum atomic E-state index is 5.85. The summed E-state index contributed by atoms with van der Waals surface area (Å²) in [5.41, 5.74) is 6.83. The van der Waals surface area contributed by atoms with Gasteiger partial charge in [0.25, 0.3) is 0 Å². The van der Waals surface area contributed by atoms with E-state index in [1.165, 1.54) is 0 Å². The van der Waals surface area contributed by atoms with Crippen LogP contribution in [-0.4, -0.2) is 25.6 Å². The van der Waals surface area contributed by atoms with Gasteiger partial charge in [-0.2, -0.15) is 0 Å². The molecule has 1 rings (SSSR count). The summed E-state index contributed by atoms with van der Waals surface area (Å²) in [4.78, 5) is 4.31. The van der Waals surface area contributed by atoms with Gasteiger partial charge in [0, 0.05) is 25.3 Å². The summed E-state index contributed by atoms with van der Waals surface area (Å²) in [6.07, 6.45) is 1.99. The largest absolute Gasteiger partial charge is 0.384 e. The molecule has 88 valence electrons. The minimum atomic E-state index is 0.607. The third-order valence-corrected chi connectivity index (χ3v) is 2.15. The fourth-order valence-corrected chi connectivity index (χ4v) is 1.31. The average molecular weight is 220 g/mol. The highest BCUT2D eigenvalue weighted by atomic mass is 16.5. The van der Waals surface area contributed by atoms with Gasteiger partial charge >= 0.3 is 0 Å². The van der Waals surface area contributed by atoms with Crippen molar-refractivity contribution in [2.75, 3.05) is 19.8 Å². The Bertz CT molecular complexity index is 309. The van der Waals surface area contributed by atoms with Crippen LogP contribution in [0, 0.1) is 0 Å². The van der Waals surface area contributed by atoms with Crippen molar-refractivity contribution in [2.45, 2.75) is 19.8 Å². The highest BCUT2D eigenvalue weighted by molar-refractivity contribution is 5.97. The number of aliphatic imine (C=N–C) groups is 1. The molecule has 1 aromatic carbocycles. The van der Waals surface area contributed by atoms with Crippen molar-refractivity contribution in [3.63, 3.8) is 0 Å². The molecular weight excluding hydrogens is 200 g/mol. The van der Waals surface area contributed by atoms with Gasteiger partial charge in [0.05, 0.1) is 0 Å². The molecule has 16 heavy (non-hydrogen) atoms. The second-order valence-electron chi connectivity index (χ2n) is 3.60. The molecule has 2 N–H and O–H groups in total. The highest BCUT2D eigenvalue weighted by Gasteiger charge is 1.95. The normalized spacial score (nSPS) is 11.7. The summed E-state index contributed by atoms with van der Waals surface area (Å²) in [5.74, 6) is 0.607. The smallest absolute Gasteiger partial charge is 0.125 e. The first-order chi connectivity index (χ1) is 7.84. The van der Waals surface area contributed by atoms with Crippen LogP contribution in [0.15, 0.2) is 35.3 Å². The summed E-state index contributed by atoms with van der Waals surface area (Å²) in [6.45, 7) is 4.42. The van der Waals surface area contributed by atoms with Gasteiger partial charge in [0.2, 0.25) is 0 Å². The number of hydrogen-bond acceptors (Lipinski definition) is 2. The molecule has 0 aliphatic rings. The fraction of sp³-hybridized carbons (Fsp3) is 0.462. The third kappa shape index (κ3) is 4.94. The van der Waals surface area contributed by atoms with Crippen LogP contribution in [-0.2, 0) is 4.74 Å². The number of benzene rings is 1. The van der Waals surface area contributed by atoms with E-state index >= 15 is 0 Å². The first-order valence-electron chi connectivity index (χ1n) is 5.77. The van der Waals surface area contributed by atoms with Crippen LogP contribution in [0.5, 0.6) is 0 Å². The monoisotopic (exact) mass is 220 g/mol. The number of hydrogen-bond donors (Lipinski definition) is 1. The molecular formula is C13H20N2O. The predicted octanol–water partition coefficient (Wildman–Crippen LogP) is 2.21. The molecule has 0 aromatic heterocycles. The maximum Gasteiger partial charge on any atom is 0.125 e. The summed E-state index contributed by atoms with van der Waals surface area (Å²) < 4.78 is 5.36. The van der Waals surface area contributed by atoms with Gasteiger partial charge in [-0.25, -0.2) is 0 Å². The van der Waals surface area contributed by atoms with E-state index in [2.05, 4.69) is 11.9 Å². The number of nitrogens with two attached hydrogens (primary N) is 1. The van der Waals surface area contributed by atoms with Gasteiger partial charge in [-0.15, -0.1) is 0 Å². The Kier molecular flexibility index (Phi) is 6.26. The fourth-order valence-electron chi connectivity index (χ4n) is 1.31. The molecule has 0 bridgehead atoms. The molecule has 0 atom stereocenters. The number of rotatable bonds is 7. The zero-order chi connectivity index (χ0) is 11.6. The van der Waals surface area contributed by atoms with Gasteiger partial charge < -0.3 is 10.5 Å². The Morgan fingerprint density at radius 2 is 2.00 bits per heavy atom. The molecule has 0 heterocycles. The van der Waals surface area contributed by atoms with Crippen LogP contribution in [0.25, 0.3) is 0 Å². The summed E-state index contributed by atoms with van der Waals surface area (Å²) in [5, 5.41) is 0. The van der Waals surface area contributed by atoms with E-state index in [1.807, 2.05) is 30.3 Å². The van der Waals surface area contributed by atoms with E-state index in [-0.39, 0.29) is 0 Å². The Hall–Kier alpha value is -1.35. The van der Waals surface area contributed by atoms with Crippen molar-refractivity contribution in [3.05, 3.63) is 35.9 Å². The second-order valence-corrected chi connectivity index (χ2v) is 3.60. The SMILES string of the molecule is CCCOCCCN=C(N)c1ccccc1. The zero-order valence-electron chi connectivity index (χ0n) is 9.86. The van der Waals surface area contributed by atoms with E-state index < -0.39 is 0 Å². The van der Waals surface area contributed by atoms with E-state index in [0.29, 0.717) is 5.84 Å². The van der Waals surface area contributed by atoms with Gasteiger partial charge in [-0.05, 0) is 12.8 Å². The summed E-state index contributed by atoms with van der Waals surface area (Å²) >= 11 is 0. The minimum absolute atomic E-state index is 0.607. The van der Waals surface area contributed by atoms with Gasteiger partial charge in [-0.1, -0.05) is 37.3 Å². The van der Waals surface area contributed by atoms with E-state index in [0.717, 1.165) is 38.2 Å². The lowest BCUT2D eigenvalue weighted by molar-refractivity contribution is 0.134. The summed E-state index contributed by atoms with van der Waals surface area (Å²) in [6, 6.07) is 9.82. The van der Waals surface area contributed by atoms with E-state index in [4.69, 9.17) is 10.5 Å². The van der Waals surface area contributed by atoms with Crippen LogP contribution in [0.1, 0.15) is 25.3 Å². The molecule has 1 aromatic rings. The van der Waals surface area contributed by atoms with Crippen LogP contribution in [0.4, 0.5) is 0 Å². The lowest BCUT2D eigenvalue weighted by Crippen LogP contribution is -2.14. The van der Waals surface area contributed by atoms with Crippen molar-refractivity contribution in [1.82, 2.24) is 0 Å². The molecule has 0 radical (unpaired) electrons. The van der Waals surface area contributed by atoms with Crippen molar-refractivity contribution in [1.29, 1.82) is 0 Å². The Balaban J connectivity index is 2.24. The molecule has 0 spiro atoms. The number of ether oxygens (including phenoxy) is 1. The quantitative estimate of drug-likeness (QED) is 0.435. The summed E-state index contributed by atoms with van der Waals surface area (Å²) in [7, 11) is 0. The first-order valence-corrected chi connectivity index (χ1v) is 5.77. The zero-order valence-corrected chi connectivity index (χ0v) is 9.86. The molecule has 0 fully saturated rings. The Morgan fingerprint density at radius 3 is 2.69 bits per heavy atom.